The molecule has 0 aliphatic heterocycles. The van der Waals surface area contributed by atoms with Crippen LogP contribution < -0.4 is 0 Å². The van der Waals surface area contributed by atoms with E-state index in [1.54, 1.807) is 0 Å². The predicted molar refractivity (Wildman–Crippen MR) is 72.1 cm³/mol. The second-order valence-electron chi connectivity index (χ2n) is 7.72. The minimum Gasteiger partial charge on any atom is -0.299 e. The highest BCUT2D eigenvalue weighted by molar-refractivity contribution is 5.81. The molecule has 0 spiro atoms. The van der Waals surface area contributed by atoms with Gasteiger partial charge in [-0.3, -0.25) is 4.79 Å². The molecule has 0 N–H and O–H groups in total. The Morgan fingerprint density at radius 3 is 2.11 bits per heavy atom. The van der Waals surface area contributed by atoms with Crippen molar-refractivity contribution >= 4 is 5.78 Å². The highest BCUT2D eigenvalue weighted by atomic mass is 16.1. The Morgan fingerprint density at radius 1 is 0.833 bits per heavy atom. The second-order valence-corrected chi connectivity index (χ2v) is 7.72. The molecule has 1 nitrogen and oxygen atoms in total. The van der Waals surface area contributed by atoms with Gasteiger partial charge in [0.05, 0.1) is 0 Å². The highest BCUT2D eigenvalue weighted by Gasteiger charge is 2.43. The number of carbonyl (C=O) groups is 1. The van der Waals surface area contributed by atoms with Crippen LogP contribution in [0, 0.1) is 35.5 Å². The van der Waals surface area contributed by atoms with E-state index in [2.05, 4.69) is 0 Å². The third-order valence-corrected chi connectivity index (χ3v) is 6.80. The molecule has 0 aromatic rings. The fourth-order valence-corrected chi connectivity index (χ4v) is 5.88. The van der Waals surface area contributed by atoms with Crippen molar-refractivity contribution in [2.75, 3.05) is 0 Å². The second kappa shape index (κ2) is 4.35. The molecule has 6 atom stereocenters. The molecule has 4 aliphatic rings. The molecule has 4 aliphatic carbocycles. The molecule has 6 unspecified atom stereocenters. The van der Waals surface area contributed by atoms with Gasteiger partial charge in [0.2, 0.25) is 0 Å². The Balaban J connectivity index is 1.29. The van der Waals surface area contributed by atoms with Gasteiger partial charge in [-0.25, -0.2) is 0 Å². The summed E-state index contributed by atoms with van der Waals surface area (Å²) in [5.41, 5.74) is 0. The first-order valence-electron chi connectivity index (χ1n) is 8.32. The monoisotopic (exact) mass is 246 g/mol. The normalized spacial score (nSPS) is 49.1. The van der Waals surface area contributed by atoms with Crippen molar-refractivity contribution in [3.05, 3.63) is 0 Å². The maximum atomic E-state index is 12.4. The predicted octanol–water partition coefficient (Wildman–Crippen LogP) is 4.21. The molecule has 0 radical (unpaired) electrons. The lowest BCUT2D eigenvalue weighted by Crippen LogP contribution is -2.22. The minimum atomic E-state index is 0.488. The van der Waals surface area contributed by atoms with Gasteiger partial charge in [0, 0.05) is 12.3 Å². The van der Waals surface area contributed by atoms with E-state index in [0.717, 1.165) is 36.0 Å². The summed E-state index contributed by atoms with van der Waals surface area (Å²) in [4.78, 5) is 12.4. The average molecular weight is 246 g/mol. The summed E-state index contributed by atoms with van der Waals surface area (Å²) in [6, 6.07) is 0. The molecule has 0 amide bonds. The van der Waals surface area contributed by atoms with Crippen LogP contribution in [0.3, 0.4) is 0 Å². The van der Waals surface area contributed by atoms with E-state index in [1.807, 2.05) is 0 Å². The van der Waals surface area contributed by atoms with E-state index in [-0.39, 0.29) is 0 Å². The van der Waals surface area contributed by atoms with E-state index in [0.29, 0.717) is 11.7 Å². The molecule has 0 aromatic heterocycles. The van der Waals surface area contributed by atoms with Crippen LogP contribution in [0.5, 0.6) is 0 Å². The molecule has 4 bridgehead atoms. The minimum absolute atomic E-state index is 0.488. The molecule has 0 saturated heterocycles. The largest absolute Gasteiger partial charge is 0.299 e. The van der Waals surface area contributed by atoms with E-state index >= 15 is 0 Å². The van der Waals surface area contributed by atoms with Crippen LogP contribution >= 0.6 is 0 Å². The fourth-order valence-electron chi connectivity index (χ4n) is 5.88. The fraction of sp³-hybridized carbons (Fsp3) is 0.941. The van der Waals surface area contributed by atoms with Gasteiger partial charge in [-0.1, -0.05) is 12.8 Å². The van der Waals surface area contributed by atoms with Crippen molar-refractivity contribution in [1.82, 2.24) is 0 Å². The van der Waals surface area contributed by atoms with Crippen molar-refractivity contribution in [1.29, 1.82) is 0 Å². The van der Waals surface area contributed by atoms with Crippen LogP contribution in [0.25, 0.3) is 0 Å². The molecule has 0 aromatic carbocycles. The van der Waals surface area contributed by atoms with Gasteiger partial charge >= 0.3 is 0 Å². The smallest absolute Gasteiger partial charge is 0.136 e. The first-order chi connectivity index (χ1) is 8.79. The van der Waals surface area contributed by atoms with Crippen LogP contribution in [0.4, 0.5) is 0 Å². The molecular weight excluding hydrogens is 220 g/mol. The summed E-state index contributed by atoms with van der Waals surface area (Å²) in [5.74, 6) is 5.81. The first kappa shape index (κ1) is 11.5. The highest BCUT2D eigenvalue weighted by Crippen LogP contribution is 2.51. The lowest BCUT2D eigenvalue weighted by Gasteiger charge is -2.24. The van der Waals surface area contributed by atoms with Crippen LogP contribution in [0.1, 0.15) is 64.2 Å². The molecule has 0 heterocycles. The third kappa shape index (κ3) is 1.85. The number of hydrogen-bond donors (Lipinski definition) is 0. The Hall–Kier alpha value is -0.330. The Bertz CT molecular complexity index is 348. The number of fused-ring (bicyclic) bond motifs is 4. The van der Waals surface area contributed by atoms with E-state index in [4.69, 9.17) is 0 Å². The lowest BCUT2D eigenvalue weighted by atomic mass is 9.80. The van der Waals surface area contributed by atoms with Gasteiger partial charge in [0.25, 0.3) is 0 Å². The van der Waals surface area contributed by atoms with E-state index in [1.165, 1.54) is 57.8 Å². The van der Waals surface area contributed by atoms with Crippen LogP contribution in [-0.2, 0) is 4.79 Å². The van der Waals surface area contributed by atoms with Gasteiger partial charge in [-0.05, 0) is 74.5 Å². The average Bonchev–Trinajstić information content (AvgIpc) is 3.13. The molecule has 4 rings (SSSR count). The molecule has 18 heavy (non-hydrogen) atoms. The molecule has 1 heteroatoms. The summed E-state index contributed by atoms with van der Waals surface area (Å²) in [5, 5.41) is 0. The lowest BCUT2D eigenvalue weighted by molar-refractivity contribution is -0.124. The zero-order valence-electron chi connectivity index (χ0n) is 11.4. The van der Waals surface area contributed by atoms with Gasteiger partial charge in [-0.15, -0.1) is 0 Å². The van der Waals surface area contributed by atoms with Gasteiger partial charge in [-0.2, -0.15) is 0 Å². The summed E-state index contributed by atoms with van der Waals surface area (Å²) in [6.07, 6.45) is 13.5. The van der Waals surface area contributed by atoms with Crippen molar-refractivity contribution < 1.29 is 4.79 Å². The zero-order valence-corrected chi connectivity index (χ0v) is 11.4. The first-order valence-corrected chi connectivity index (χ1v) is 8.32. The number of ketones is 1. The Morgan fingerprint density at radius 2 is 1.56 bits per heavy atom. The van der Waals surface area contributed by atoms with E-state index < -0.39 is 0 Å². The molecule has 4 fully saturated rings. The van der Waals surface area contributed by atoms with Gasteiger partial charge in [0.1, 0.15) is 5.78 Å². The number of carbonyl (C=O) groups excluding carboxylic acids is 1. The summed E-state index contributed by atoms with van der Waals surface area (Å²) in [7, 11) is 0. The van der Waals surface area contributed by atoms with Crippen LogP contribution in [0.2, 0.25) is 0 Å². The maximum absolute atomic E-state index is 12.4. The Labute approximate surface area is 111 Å². The van der Waals surface area contributed by atoms with Crippen LogP contribution in [-0.4, -0.2) is 5.78 Å². The zero-order chi connectivity index (χ0) is 12.1. The van der Waals surface area contributed by atoms with Gasteiger partial charge in [0.15, 0.2) is 0 Å². The molecule has 4 saturated carbocycles. The summed E-state index contributed by atoms with van der Waals surface area (Å²) < 4.78 is 0. The standard InChI is InChI=1S/C17H26O/c18-17(16-10-12-2-4-15(16)9-12)6-5-14-8-11-1-3-13(14)7-11/h11-16H,1-10H2. The topological polar surface area (TPSA) is 17.1 Å². The summed E-state index contributed by atoms with van der Waals surface area (Å²) >= 11 is 0. The molecule has 100 valence electrons. The SMILES string of the molecule is O=C(CCC1CC2CCC1C2)C1CC2CCC1C2. The molecular formula is C17H26O. The Kier molecular flexibility index (Phi) is 2.78. The maximum Gasteiger partial charge on any atom is 0.136 e. The van der Waals surface area contributed by atoms with Crippen LogP contribution in [0.15, 0.2) is 0 Å². The number of Topliss-reactive ketones (excluding diaryl/α,β-unsaturated/α-hetero) is 1. The third-order valence-electron chi connectivity index (χ3n) is 6.80. The quantitative estimate of drug-likeness (QED) is 0.726. The van der Waals surface area contributed by atoms with Gasteiger partial charge < -0.3 is 0 Å². The van der Waals surface area contributed by atoms with Crippen molar-refractivity contribution in [3.63, 3.8) is 0 Å². The van der Waals surface area contributed by atoms with Crippen molar-refractivity contribution in [3.8, 4) is 0 Å². The van der Waals surface area contributed by atoms with Crippen molar-refractivity contribution in [2.45, 2.75) is 64.2 Å². The number of rotatable bonds is 4. The number of hydrogen-bond acceptors (Lipinski definition) is 1. The van der Waals surface area contributed by atoms with E-state index in [9.17, 15) is 4.79 Å². The van der Waals surface area contributed by atoms with Crippen molar-refractivity contribution in [2.24, 2.45) is 35.5 Å². The summed E-state index contributed by atoms with van der Waals surface area (Å²) in [6.45, 7) is 0.